The molecule has 0 atom stereocenters. The minimum Gasteiger partial charge on any atom is -0.393 e. The molecule has 0 radical (unpaired) electrons. The van der Waals surface area contributed by atoms with Crippen molar-refractivity contribution in [3.63, 3.8) is 0 Å². The van der Waals surface area contributed by atoms with Gasteiger partial charge in [-0.3, -0.25) is 4.98 Å². The Morgan fingerprint density at radius 1 is 1.50 bits per heavy atom. The molecule has 5 nitrogen and oxygen atoms in total. The van der Waals surface area contributed by atoms with Crippen LogP contribution in [0.4, 0.5) is 0 Å². The Hall–Kier alpha value is -1.43. The van der Waals surface area contributed by atoms with Crippen molar-refractivity contribution in [3.8, 4) is 0 Å². The van der Waals surface area contributed by atoms with Crippen LogP contribution in [-0.2, 0) is 14.7 Å². The number of aryl methyl sites for hydroxylation is 1. The lowest BCUT2D eigenvalue weighted by Gasteiger charge is -2.06. The van der Waals surface area contributed by atoms with Crippen molar-refractivity contribution >= 4 is 16.1 Å². The van der Waals surface area contributed by atoms with Gasteiger partial charge >= 0.3 is 0 Å². The van der Waals surface area contributed by atoms with E-state index in [1.165, 1.54) is 6.21 Å². The Balaban J connectivity index is 3.06. The summed E-state index contributed by atoms with van der Waals surface area (Å²) in [7, 11) is -3.26. The predicted octanol–water partition coefficient (Wildman–Crippen LogP) is 1.94. The number of hydrogen-bond donors (Lipinski definition) is 0. The predicted molar refractivity (Wildman–Crippen MR) is 70.5 cm³/mol. The van der Waals surface area contributed by atoms with Crippen LogP contribution in [0.2, 0.25) is 0 Å². The Morgan fingerprint density at radius 2 is 2.17 bits per heavy atom. The first kappa shape index (κ1) is 14.6. The van der Waals surface area contributed by atoms with Gasteiger partial charge in [0.25, 0.3) is 0 Å². The zero-order chi connectivity index (χ0) is 13.8. The van der Waals surface area contributed by atoms with Crippen LogP contribution >= 0.6 is 0 Å². The zero-order valence-corrected chi connectivity index (χ0v) is 11.9. The third-order valence-electron chi connectivity index (χ3n) is 2.25. The van der Waals surface area contributed by atoms with Crippen LogP contribution in [0.25, 0.3) is 0 Å². The molecule has 1 aromatic rings. The molecule has 1 aromatic heterocycles. The van der Waals surface area contributed by atoms with E-state index in [9.17, 15) is 8.42 Å². The van der Waals surface area contributed by atoms with Crippen molar-refractivity contribution < 1.29 is 13.3 Å². The molecule has 0 aromatic carbocycles. The van der Waals surface area contributed by atoms with E-state index in [4.69, 9.17) is 4.84 Å². The first-order valence-electron chi connectivity index (χ1n) is 5.75. The second kappa shape index (κ2) is 5.95. The monoisotopic (exact) mass is 270 g/mol. The summed E-state index contributed by atoms with van der Waals surface area (Å²) < 4.78 is 23.7. The molecule has 1 heterocycles. The molecule has 0 aliphatic carbocycles. The molecular weight excluding hydrogens is 252 g/mol. The number of oxime groups is 1. The molecule has 0 aliphatic heterocycles. The number of sulfone groups is 1. The molecule has 18 heavy (non-hydrogen) atoms. The van der Waals surface area contributed by atoms with Gasteiger partial charge in [0, 0.05) is 11.8 Å². The topological polar surface area (TPSA) is 68.6 Å². The lowest BCUT2D eigenvalue weighted by molar-refractivity contribution is 0.0873. The summed E-state index contributed by atoms with van der Waals surface area (Å²) in [6.07, 6.45) is 3.01. The largest absolute Gasteiger partial charge is 0.393 e. The molecule has 0 spiro atoms. The maximum absolute atomic E-state index is 11.8. The van der Waals surface area contributed by atoms with Gasteiger partial charge in [0.15, 0.2) is 9.84 Å². The fraction of sp³-hybridized carbons (Fsp3) is 0.500. The maximum atomic E-state index is 11.8. The Bertz CT molecular complexity index is 536. The van der Waals surface area contributed by atoms with E-state index in [-0.39, 0.29) is 16.8 Å². The molecule has 1 rings (SSSR count). The van der Waals surface area contributed by atoms with E-state index < -0.39 is 9.84 Å². The summed E-state index contributed by atoms with van der Waals surface area (Å²) in [5.74, 6) is 0.0542. The van der Waals surface area contributed by atoms with Crippen molar-refractivity contribution in [2.75, 3.05) is 5.75 Å². The van der Waals surface area contributed by atoms with Crippen molar-refractivity contribution in [1.82, 2.24) is 4.98 Å². The number of hydrogen-bond acceptors (Lipinski definition) is 5. The van der Waals surface area contributed by atoms with Gasteiger partial charge in [-0.2, -0.15) is 0 Å². The van der Waals surface area contributed by atoms with Crippen molar-refractivity contribution in [2.45, 2.75) is 38.7 Å². The summed E-state index contributed by atoms with van der Waals surface area (Å²) in [6, 6.07) is 1.56. The van der Waals surface area contributed by atoms with E-state index in [1.807, 2.05) is 13.8 Å². The molecule has 0 N–H and O–H groups in total. The second-order valence-corrected chi connectivity index (χ2v) is 6.39. The Kier molecular flexibility index (Phi) is 4.84. The smallest absolute Gasteiger partial charge is 0.179 e. The van der Waals surface area contributed by atoms with Crippen LogP contribution < -0.4 is 0 Å². The zero-order valence-electron chi connectivity index (χ0n) is 11.0. The quantitative estimate of drug-likeness (QED) is 0.605. The van der Waals surface area contributed by atoms with Gasteiger partial charge in [0.05, 0.1) is 22.6 Å². The summed E-state index contributed by atoms with van der Waals surface area (Å²) in [4.78, 5) is 9.33. The first-order chi connectivity index (χ1) is 8.36. The second-order valence-electron chi connectivity index (χ2n) is 4.14. The average molecular weight is 270 g/mol. The van der Waals surface area contributed by atoms with Gasteiger partial charge in [-0.1, -0.05) is 12.1 Å². The Morgan fingerprint density at radius 3 is 2.72 bits per heavy atom. The fourth-order valence-corrected chi connectivity index (χ4v) is 2.41. The molecule has 0 fully saturated rings. The lowest BCUT2D eigenvalue weighted by Crippen LogP contribution is -2.08. The van der Waals surface area contributed by atoms with Crippen molar-refractivity contribution in [2.24, 2.45) is 5.16 Å². The van der Waals surface area contributed by atoms with Gasteiger partial charge in [0.1, 0.15) is 6.10 Å². The van der Waals surface area contributed by atoms with Crippen LogP contribution in [0.15, 0.2) is 22.3 Å². The lowest BCUT2D eigenvalue weighted by atomic mass is 10.3. The van der Waals surface area contributed by atoms with Gasteiger partial charge in [-0.05, 0) is 26.8 Å². The van der Waals surface area contributed by atoms with E-state index in [0.29, 0.717) is 11.3 Å². The highest BCUT2D eigenvalue weighted by Gasteiger charge is 2.15. The molecule has 6 heteroatoms. The minimum atomic E-state index is -3.26. The normalized spacial score (nSPS) is 12.3. The van der Waals surface area contributed by atoms with Crippen molar-refractivity contribution in [1.29, 1.82) is 0 Å². The summed E-state index contributed by atoms with van der Waals surface area (Å²) in [6.45, 7) is 7.00. The third kappa shape index (κ3) is 3.80. The van der Waals surface area contributed by atoms with E-state index in [0.717, 1.165) is 0 Å². The molecular formula is C12H18N2O3S. The number of nitrogens with zero attached hydrogens (tertiary/aromatic N) is 2. The number of aromatic nitrogens is 1. The molecule has 0 saturated carbocycles. The van der Waals surface area contributed by atoms with Crippen LogP contribution in [0.1, 0.15) is 32.0 Å². The molecule has 0 saturated heterocycles. The Labute approximate surface area is 108 Å². The summed E-state index contributed by atoms with van der Waals surface area (Å²) >= 11 is 0. The number of rotatable bonds is 5. The van der Waals surface area contributed by atoms with Crippen LogP contribution in [-0.4, -0.2) is 31.5 Å². The van der Waals surface area contributed by atoms with E-state index >= 15 is 0 Å². The van der Waals surface area contributed by atoms with Gasteiger partial charge in [-0.25, -0.2) is 8.42 Å². The van der Waals surface area contributed by atoms with Crippen LogP contribution in [0.5, 0.6) is 0 Å². The standard InChI is InChI=1S/C12H18N2O3S/c1-5-18(15,16)12-6-11(7-13-10(12)4)8-14-17-9(2)3/h6-9H,5H2,1-4H3/b14-8+. The van der Waals surface area contributed by atoms with E-state index in [2.05, 4.69) is 10.1 Å². The van der Waals surface area contributed by atoms with Gasteiger partial charge in [0.2, 0.25) is 0 Å². The van der Waals surface area contributed by atoms with Crippen LogP contribution in [0.3, 0.4) is 0 Å². The SMILES string of the molecule is CCS(=O)(=O)c1cc(/C=N/OC(C)C)cnc1C. The van der Waals surface area contributed by atoms with Gasteiger partial charge < -0.3 is 4.84 Å². The van der Waals surface area contributed by atoms with Gasteiger partial charge in [-0.15, -0.1) is 0 Å². The highest BCUT2D eigenvalue weighted by atomic mass is 32.2. The molecule has 0 amide bonds. The van der Waals surface area contributed by atoms with Crippen molar-refractivity contribution in [3.05, 3.63) is 23.5 Å². The highest BCUT2D eigenvalue weighted by molar-refractivity contribution is 7.91. The van der Waals surface area contributed by atoms with Crippen LogP contribution in [0, 0.1) is 6.92 Å². The molecule has 0 unspecified atom stereocenters. The first-order valence-corrected chi connectivity index (χ1v) is 7.40. The summed E-state index contributed by atoms with van der Waals surface area (Å²) in [5.41, 5.74) is 1.10. The summed E-state index contributed by atoms with van der Waals surface area (Å²) in [5, 5.41) is 3.76. The van der Waals surface area contributed by atoms with E-state index in [1.54, 1.807) is 26.1 Å². The molecule has 100 valence electrons. The maximum Gasteiger partial charge on any atom is 0.179 e. The molecule has 0 bridgehead atoms. The average Bonchev–Trinajstić information content (AvgIpc) is 2.30. The molecule has 0 aliphatic rings. The highest BCUT2D eigenvalue weighted by Crippen LogP contribution is 2.15. The third-order valence-corrected chi connectivity index (χ3v) is 4.09. The fourth-order valence-electron chi connectivity index (χ4n) is 1.28. The number of pyridine rings is 1. The minimum absolute atomic E-state index is 0.0153.